The molecule has 0 aliphatic carbocycles. The minimum atomic E-state index is 0.524. The Hall–Kier alpha value is -1.61. The van der Waals surface area contributed by atoms with Crippen LogP contribution in [0, 0.1) is 24.7 Å². The van der Waals surface area contributed by atoms with E-state index in [1.165, 1.54) is 0 Å². The molecule has 0 aromatic rings. The molecule has 0 unspecified atom stereocenters. The van der Waals surface area contributed by atoms with Gasteiger partial charge in [-0.25, -0.2) is 4.58 Å². The highest BCUT2D eigenvalue weighted by atomic mass is 15.4. The van der Waals surface area contributed by atoms with Crippen LogP contribution in [-0.2, 0) is 0 Å². The largest absolute Gasteiger partial charge is 0.351 e. The van der Waals surface area contributed by atoms with E-state index >= 15 is 0 Å². The van der Waals surface area contributed by atoms with E-state index in [0.717, 1.165) is 5.96 Å². The van der Waals surface area contributed by atoms with E-state index in [-0.39, 0.29) is 0 Å². The fraction of sp³-hybridized carbons (Fsp3) is 0.545. The van der Waals surface area contributed by atoms with Crippen LogP contribution < -0.4 is 0 Å². The Bertz CT molecular complexity index is 259. The summed E-state index contributed by atoms with van der Waals surface area (Å²) in [5.41, 5.74) is 0. The Morgan fingerprint density at radius 2 is 1.36 bits per heavy atom. The van der Waals surface area contributed by atoms with Crippen LogP contribution in [0.4, 0.5) is 0 Å². The van der Waals surface area contributed by atoms with Crippen molar-refractivity contribution in [2.45, 2.75) is 0 Å². The second-order valence-corrected chi connectivity index (χ2v) is 3.35. The van der Waals surface area contributed by atoms with Gasteiger partial charge < -0.3 is 0 Å². The van der Waals surface area contributed by atoms with E-state index < -0.39 is 0 Å². The zero-order valence-corrected chi connectivity index (χ0v) is 9.41. The van der Waals surface area contributed by atoms with E-state index in [0.29, 0.717) is 13.1 Å². The maximum absolute atomic E-state index is 5.29. The monoisotopic (exact) mass is 192 g/mol. The molecule has 0 heterocycles. The van der Waals surface area contributed by atoms with Crippen LogP contribution in [0.3, 0.4) is 0 Å². The molecule has 14 heavy (non-hydrogen) atoms. The Kier molecular flexibility index (Phi) is 5.26. The predicted octanol–water partition coefficient (Wildman–Crippen LogP) is -0.255. The van der Waals surface area contributed by atoms with Gasteiger partial charge in [-0.1, -0.05) is 11.8 Å². The molecule has 0 atom stereocenters. The van der Waals surface area contributed by atoms with E-state index in [1.54, 1.807) is 0 Å². The maximum Gasteiger partial charge on any atom is 0.351 e. The number of nitrogens with zero attached hydrogens (tertiary/aromatic N) is 3. The molecule has 0 spiro atoms. The first-order chi connectivity index (χ1) is 6.54. The summed E-state index contributed by atoms with van der Waals surface area (Å²) in [7, 11) is 7.87. The highest BCUT2D eigenvalue weighted by Gasteiger charge is 2.16. The van der Waals surface area contributed by atoms with E-state index in [2.05, 4.69) is 11.8 Å². The highest BCUT2D eigenvalue weighted by molar-refractivity contribution is 5.74. The molecule has 0 rings (SSSR count). The third-order valence-corrected chi connectivity index (χ3v) is 1.65. The van der Waals surface area contributed by atoms with Crippen molar-refractivity contribution in [3.05, 3.63) is 0 Å². The van der Waals surface area contributed by atoms with Crippen molar-refractivity contribution >= 4 is 5.96 Å². The second kappa shape index (κ2) is 5.94. The van der Waals surface area contributed by atoms with Gasteiger partial charge >= 0.3 is 5.96 Å². The number of hydrogen-bond donors (Lipinski definition) is 0. The SMILES string of the molecule is C#CC[N+](CC#C)=C(N(C)C)N(C)C. The number of rotatable bonds is 2. The average molecular weight is 192 g/mol. The van der Waals surface area contributed by atoms with Crippen molar-refractivity contribution < 1.29 is 4.58 Å². The lowest BCUT2D eigenvalue weighted by molar-refractivity contribution is -0.512. The Labute approximate surface area is 87.0 Å². The van der Waals surface area contributed by atoms with Crippen molar-refractivity contribution in [3.8, 4) is 24.7 Å². The zero-order chi connectivity index (χ0) is 11.1. The topological polar surface area (TPSA) is 9.49 Å². The van der Waals surface area contributed by atoms with Crippen LogP contribution >= 0.6 is 0 Å². The normalized spacial score (nSPS) is 8.43. The number of terminal acetylenes is 2. The summed E-state index contributed by atoms with van der Waals surface area (Å²) in [5.74, 6) is 6.21. The molecule has 3 nitrogen and oxygen atoms in total. The lowest BCUT2D eigenvalue weighted by Crippen LogP contribution is -2.43. The van der Waals surface area contributed by atoms with Crippen molar-refractivity contribution in [2.24, 2.45) is 0 Å². The first-order valence-electron chi connectivity index (χ1n) is 4.38. The summed E-state index contributed by atoms with van der Waals surface area (Å²) in [6.45, 7) is 1.05. The summed E-state index contributed by atoms with van der Waals surface area (Å²) in [6, 6.07) is 0. The molecular formula is C11H18N3+. The van der Waals surface area contributed by atoms with Crippen LogP contribution in [0.1, 0.15) is 0 Å². The average Bonchev–Trinajstić information content (AvgIpc) is 2.03. The lowest BCUT2D eigenvalue weighted by Gasteiger charge is -2.19. The van der Waals surface area contributed by atoms with Gasteiger partial charge in [0, 0.05) is 0 Å². The fourth-order valence-corrected chi connectivity index (χ4v) is 1.38. The minimum Gasteiger partial charge on any atom is -0.270 e. The van der Waals surface area contributed by atoms with Gasteiger partial charge in [0.1, 0.15) is 13.1 Å². The molecule has 0 aromatic carbocycles. The molecule has 0 radical (unpaired) electrons. The van der Waals surface area contributed by atoms with Gasteiger partial charge in [0.25, 0.3) is 0 Å². The van der Waals surface area contributed by atoms with Crippen LogP contribution in [0.5, 0.6) is 0 Å². The first kappa shape index (κ1) is 12.4. The third-order valence-electron chi connectivity index (χ3n) is 1.65. The summed E-state index contributed by atoms with van der Waals surface area (Å²) in [5, 5.41) is 0. The van der Waals surface area contributed by atoms with Crippen molar-refractivity contribution in [1.82, 2.24) is 9.80 Å². The zero-order valence-electron chi connectivity index (χ0n) is 9.41. The standard InChI is InChI=1S/C11H18N3/c1-7-9-14(10-8-2)11(12(3)4)13(5)6/h1-2H,9-10H2,3-6H3/q+1. The van der Waals surface area contributed by atoms with Gasteiger partial charge in [0.2, 0.25) is 0 Å². The van der Waals surface area contributed by atoms with Gasteiger partial charge in [0.15, 0.2) is 0 Å². The number of guanidine groups is 1. The van der Waals surface area contributed by atoms with Gasteiger partial charge in [-0.3, -0.25) is 9.80 Å². The Morgan fingerprint density at radius 3 is 1.57 bits per heavy atom. The van der Waals surface area contributed by atoms with Crippen LogP contribution in [0.25, 0.3) is 0 Å². The van der Waals surface area contributed by atoms with Gasteiger partial charge in [-0.15, -0.1) is 12.8 Å². The second-order valence-electron chi connectivity index (χ2n) is 3.35. The summed E-state index contributed by atoms with van der Waals surface area (Å²) in [4.78, 5) is 3.99. The van der Waals surface area contributed by atoms with Crippen LogP contribution in [0.15, 0.2) is 0 Å². The molecule has 0 aliphatic heterocycles. The molecule has 0 N–H and O–H groups in total. The van der Waals surface area contributed by atoms with Gasteiger partial charge in [-0.2, -0.15) is 0 Å². The predicted molar refractivity (Wildman–Crippen MR) is 60.0 cm³/mol. The van der Waals surface area contributed by atoms with Gasteiger partial charge in [0.05, 0.1) is 28.2 Å². The van der Waals surface area contributed by atoms with Crippen molar-refractivity contribution in [1.29, 1.82) is 0 Å². The number of hydrogen-bond acceptors (Lipinski definition) is 0. The highest BCUT2D eigenvalue weighted by Crippen LogP contribution is 1.89. The van der Waals surface area contributed by atoms with Crippen LogP contribution in [0.2, 0.25) is 0 Å². The minimum absolute atomic E-state index is 0.524. The molecule has 0 amide bonds. The lowest BCUT2D eigenvalue weighted by atomic mass is 10.5. The quantitative estimate of drug-likeness (QED) is 0.258. The maximum atomic E-state index is 5.29. The Balaban J connectivity index is 5.08. The molecule has 76 valence electrons. The van der Waals surface area contributed by atoms with E-state index in [9.17, 15) is 0 Å². The van der Waals surface area contributed by atoms with Crippen LogP contribution in [-0.4, -0.2) is 61.6 Å². The molecule has 0 saturated heterocycles. The first-order valence-corrected chi connectivity index (χ1v) is 4.38. The summed E-state index contributed by atoms with van der Waals surface area (Å²) in [6.07, 6.45) is 10.6. The van der Waals surface area contributed by atoms with Crippen molar-refractivity contribution in [2.75, 3.05) is 41.3 Å². The molecule has 3 heteroatoms. The molecular weight excluding hydrogens is 174 g/mol. The van der Waals surface area contributed by atoms with E-state index in [4.69, 9.17) is 12.8 Å². The fourth-order valence-electron chi connectivity index (χ4n) is 1.38. The Morgan fingerprint density at radius 1 is 1.00 bits per heavy atom. The molecule has 0 aromatic heterocycles. The molecule has 0 aliphatic rings. The summed E-state index contributed by atoms with van der Waals surface area (Å²) >= 11 is 0. The third kappa shape index (κ3) is 3.41. The molecule has 0 saturated carbocycles. The van der Waals surface area contributed by atoms with Gasteiger partial charge in [-0.05, 0) is 0 Å². The summed E-state index contributed by atoms with van der Waals surface area (Å²) < 4.78 is 1.97. The van der Waals surface area contributed by atoms with E-state index in [1.807, 2.05) is 42.6 Å². The molecule has 0 fully saturated rings. The molecule has 0 bridgehead atoms. The van der Waals surface area contributed by atoms with Crippen molar-refractivity contribution in [3.63, 3.8) is 0 Å². The smallest absolute Gasteiger partial charge is 0.270 e.